The Balaban J connectivity index is 1.23. The van der Waals surface area contributed by atoms with Crippen molar-refractivity contribution in [3.8, 4) is 62.5 Å². The zero-order chi connectivity index (χ0) is 33.4. The molecule has 1 aromatic heterocycles. The van der Waals surface area contributed by atoms with Gasteiger partial charge in [-0.25, -0.2) is 15.0 Å². The van der Waals surface area contributed by atoms with E-state index in [4.69, 9.17) is 15.0 Å². The number of hydrogen-bond acceptors (Lipinski definition) is 4. The molecule has 0 aliphatic heterocycles. The van der Waals surface area contributed by atoms with Gasteiger partial charge in [0.05, 0.1) is 11.6 Å². The van der Waals surface area contributed by atoms with Gasteiger partial charge in [0, 0.05) is 22.3 Å². The Morgan fingerprint density at radius 1 is 0.531 bits per heavy atom. The molecule has 1 heterocycles. The van der Waals surface area contributed by atoms with Gasteiger partial charge in [0.1, 0.15) is 0 Å². The summed E-state index contributed by atoms with van der Waals surface area (Å²) in [5.74, 6) is 4.39. The molecule has 2 bridgehead atoms. The molecule has 4 heteroatoms. The van der Waals surface area contributed by atoms with Crippen LogP contribution in [0.4, 0.5) is 0 Å². The predicted octanol–water partition coefficient (Wildman–Crippen LogP) is 11.2. The van der Waals surface area contributed by atoms with Gasteiger partial charge in [0.25, 0.3) is 0 Å². The predicted molar refractivity (Wildman–Crippen MR) is 198 cm³/mol. The molecule has 0 amide bonds. The third-order valence-corrected chi connectivity index (χ3v) is 10.8. The number of rotatable bonds is 6. The molecule has 3 aliphatic carbocycles. The molecule has 0 radical (unpaired) electrons. The van der Waals surface area contributed by atoms with E-state index in [0.717, 1.165) is 56.7 Å². The first-order chi connectivity index (χ1) is 24.0. The fraction of sp³-hybridized carbons (Fsp3) is 0.244. The molecular formula is C45H40N4. The molecule has 2 atom stereocenters. The first-order valence-corrected chi connectivity index (χ1v) is 17.6. The van der Waals surface area contributed by atoms with Crippen molar-refractivity contribution in [2.24, 2.45) is 17.8 Å². The van der Waals surface area contributed by atoms with Crippen LogP contribution in [0.1, 0.15) is 57.1 Å². The van der Waals surface area contributed by atoms with Crippen LogP contribution in [0.3, 0.4) is 0 Å². The number of nitrogens with zero attached hydrogens (tertiary/aromatic N) is 4. The SMILES string of the molecule is C[C@@H]1CC(C)(c2ccc(-c3ccccc3-c3nc(-c4ccccc4)nc(-c4ccccc4-c4ccccc4C#N)n3)cc2)C[C@H]2C[C@@H](C1)C2. The van der Waals surface area contributed by atoms with Crippen LogP contribution in [0.15, 0.2) is 127 Å². The van der Waals surface area contributed by atoms with E-state index in [9.17, 15) is 5.26 Å². The molecule has 240 valence electrons. The van der Waals surface area contributed by atoms with Crippen LogP contribution in [0.25, 0.3) is 56.4 Å². The zero-order valence-corrected chi connectivity index (χ0v) is 28.2. The Hall–Kier alpha value is -5.40. The summed E-state index contributed by atoms with van der Waals surface area (Å²) in [6.07, 6.45) is 6.76. The highest BCUT2D eigenvalue weighted by Gasteiger charge is 2.41. The summed E-state index contributed by atoms with van der Waals surface area (Å²) in [4.78, 5) is 15.3. The summed E-state index contributed by atoms with van der Waals surface area (Å²) in [6.45, 7) is 4.95. The lowest BCUT2D eigenvalue weighted by molar-refractivity contribution is 0.0834. The van der Waals surface area contributed by atoms with Crippen molar-refractivity contribution in [3.05, 3.63) is 139 Å². The van der Waals surface area contributed by atoms with Crippen molar-refractivity contribution >= 4 is 0 Å². The molecule has 49 heavy (non-hydrogen) atoms. The number of benzene rings is 5. The van der Waals surface area contributed by atoms with Crippen LogP contribution >= 0.6 is 0 Å². The maximum atomic E-state index is 9.93. The van der Waals surface area contributed by atoms with E-state index in [0.29, 0.717) is 23.0 Å². The standard InChI is InChI=1S/C45H40N4/c1-30-24-31-25-32(26-31)28-45(2,27-30)36-22-20-33(21-23-36)37-15-8-10-18-40(37)43-47-42(34-12-4-3-5-13-34)48-44(49-43)41-19-11-9-17-39(41)38-16-7-6-14-35(38)29-46/h3-23,30-32H,24-28H2,1-2H3/t30-,31-,32+,45?/m0/s1. The fourth-order valence-corrected chi connectivity index (χ4v) is 8.65. The lowest BCUT2D eigenvalue weighted by Gasteiger charge is -2.47. The highest BCUT2D eigenvalue weighted by Crippen LogP contribution is 2.51. The smallest absolute Gasteiger partial charge is 0.164 e. The number of nitriles is 1. The molecule has 3 saturated carbocycles. The number of hydrogen-bond donors (Lipinski definition) is 0. The molecule has 0 spiro atoms. The minimum atomic E-state index is 0.207. The fourth-order valence-electron chi connectivity index (χ4n) is 8.65. The molecule has 0 N–H and O–H groups in total. The van der Waals surface area contributed by atoms with Gasteiger partial charge in [-0.05, 0) is 83.6 Å². The Bertz CT molecular complexity index is 2150. The molecule has 1 unspecified atom stereocenters. The second-order valence-corrected chi connectivity index (χ2v) is 14.5. The van der Waals surface area contributed by atoms with Gasteiger partial charge >= 0.3 is 0 Å². The molecule has 6 aromatic rings. The monoisotopic (exact) mass is 636 g/mol. The molecular weight excluding hydrogens is 597 g/mol. The molecule has 3 aliphatic rings. The van der Waals surface area contributed by atoms with Gasteiger partial charge < -0.3 is 0 Å². The first-order valence-electron chi connectivity index (χ1n) is 17.6. The van der Waals surface area contributed by atoms with Crippen molar-refractivity contribution in [1.29, 1.82) is 5.26 Å². The Kier molecular flexibility index (Phi) is 8.14. The van der Waals surface area contributed by atoms with Gasteiger partial charge in [-0.15, -0.1) is 0 Å². The van der Waals surface area contributed by atoms with Crippen molar-refractivity contribution < 1.29 is 0 Å². The zero-order valence-electron chi connectivity index (χ0n) is 28.2. The quantitative estimate of drug-likeness (QED) is 0.182. The van der Waals surface area contributed by atoms with Crippen molar-refractivity contribution in [2.45, 2.75) is 51.4 Å². The summed E-state index contributed by atoms with van der Waals surface area (Å²) in [5, 5.41) is 9.93. The van der Waals surface area contributed by atoms with Crippen molar-refractivity contribution in [1.82, 2.24) is 15.0 Å². The van der Waals surface area contributed by atoms with Gasteiger partial charge in [-0.1, -0.05) is 135 Å². The summed E-state index contributed by atoms with van der Waals surface area (Å²) in [7, 11) is 0. The average Bonchev–Trinajstić information content (AvgIpc) is 3.13. The van der Waals surface area contributed by atoms with Gasteiger partial charge in [-0.2, -0.15) is 5.26 Å². The van der Waals surface area contributed by atoms with E-state index in [2.05, 4.69) is 68.4 Å². The average molecular weight is 637 g/mol. The van der Waals surface area contributed by atoms with Crippen molar-refractivity contribution in [2.75, 3.05) is 0 Å². The van der Waals surface area contributed by atoms with E-state index < -0.39 is 0 Å². The normalized spacial score (nSPS) is 21.5. The summed E-state index contributed by atoms with van der Waals surface area (Å²) in [5.41, 5.74) is 9.01. The first kappa shape index (κ1) is 30.9. The van der Waals surface area contributed by atoms with E-state index in [1.165, 1.54) is 37.7 Å². The molecule has 4 nitrogen and oxygen atoms in total. The van der Waals surface area contributed by atoms with E-state index >= 15 is 0 Å². The second-order valence-electron chi connectivity index (χ2n) is 14.5. The second kappa shape index (κ2) is 12.9. The van der Waals surface area contributed by atoms with Crippen LogP contribution in [0, 0.1) is 29.1 Å². The molecule has 3 fully saturated rings. The largest absolute Gasteiger partial charge is 0.208 e. The highest BCUT2D eigenvalue weighted by atomic mass is 15.0. The topological polar surface area (TPSA) is 62.5 Å². The Morgan fingerprint density at radius 3 is 1.76 bits per heavy atom. The minimum Gasteiger partial charge on any atom is -0.208 e. The number of fused-ring (bicyclic) bond motifs is 4. The Labute approximate surface area is 289 Å². The van der Waals surface area contributed by atoms with Crippen LogP contribution in [-0.4, -0.2) is 15.0 Å². The van der Waals surface area contributed by atoms with Crippen LogP contribution in [-0.2, 0) is 5.41 Å². The van der Waals surface area contributed by atoms with E-state index in [-0.39, 0.29) is 5.41 Å². The van der Waals surface area contributed by atoms with Gasteiger partial charge in [0.15, 0.2) is 17.5 Å². The van der Waals surface area contributed by atoms with Crippen LogP contribution in [0.5, 0.6) is 0 Å². The maximum Gasteiger partial charge on any atom is 0.164 e. The Morgan fingerprint density at radius 2 is 1.08 bits per heavy atom. The van der Waals surface area contributed by atoms with E-state index in [1.54, 1.807) is 0 Å². The van der Waals surface area contributed by atoms with Crippen LogP contribution < -0.4 is 0 Å². The van der Waals surface area contributed by atoms with E-state index in [1.807, 2.05) is 78.9 Å². The summed E-state index contributed by atoms with van der Waals surface area (Å²) >= 11 is 0. The van der Waals surface area contributed by atoms with Gasteiger partial charge in [0.2, 0.25) is 0 Å². The molecule has 9 rings (SSSR count). The lowest BCUT2D eigenvalue weighted by Crippen LogP contribution is -2.38. The van der Waals surface area contributed by atoms with Crippen molar-refractivity contribution in [3.63, 3.8) is 0 Å². The minimum absolute atomic E-state index is 0.207. The summed E-state index contributed by atoms with van der Waals surface area (Å²) < 4.78 is 0. The molecule has 5 aromatic carbocycles. The maximum absolute atomic E-state index is 9.93. The third kappa shape index (κ3) is 6.07. The third-order valence-electron chi connectivity index (χ3n) is 10.8. The summed E-state index contributed by atoms with van der Waals surface area (Å²) in [6, 6.07) is 45.9. The molecule has 0 saturated heterocycles. The van der Waals surface area contributed by atoms with Crippen LogP contribution in [0.2, 0.25) is 0 Å². The number of aromatic nitrogens is 3. The lowest BCUT2D eigenvalue weighted by atomic mass is 9.58. The highest BCUT2D eigenvalue weighted by molar-refractivity contribution is 5.86. The van der Waals surface area contributed by atoms with Gasteiger partial charge in [-0.3, -0.25) is 0 Å².